The number of aryl methyl sites for hydroxylation is 2. The van der Waals surface area contributed by atoms with Crippen LogP contribution in [0.25, 0.3) is 0 Å². The Morgan fingerprint density at radius 1 is 0.885 bits per heavy atom. The summed E-state index contributed by atoms with van der Waals surface area (Å²) in [5, 5.41) is 0.584. The van der Waals surface area contributed by atoms with Gasteiger partial charge in [-0.05, 0) is 60.9 Å². The zero-order valence-electron chi connectivity index (χ0n) is 14.7. The molecule has 0 unspecified atom stereocenters. The molecule has 3 nitrogen and oxygen atoms in total. The average molecular weight is 386 g/mol. The first kappa shape index (κ1) is 18.5. The molecule has 0 heterocycles. The van der Waals surface area contributed by atoms with E-state index in [0.29, 0.717) is 10.7 Å². The minimum Gasteiger partial charge on any atom is -0.262 e. The van der Waals surface area contributed by atoms with Crippen molar-refractivity contribution in [1.29, 1.82) is 0 Å². The second-order valence-electron chi connectivity index (χ2n) is 6.24. The van der Waals surface area contributed by atoms with Gasteiger partial charge in [-0.3, -0.25) is 4.31 Å². The molecule has 0 aliphatic carbocycles. The maximum atomic E-state index is 13.4. The summed E-state index contributed by atoms with van der Waals surface area (Å²) in [6.45, 7) is 4.08. The molecule has 134 valence electrons. The van der Waals surface area contributed by atoms with Crippen molar-refractivity contribution in [3.05, 3.63) is 94.5 Å². The molecule has 0 saturated heterocycles. The summed E-state index contributed by atoms with van der Waals surface area (Å²) in [5.41, 5.74) is 3.41. The fourth-order valence-electron chi connectivity index (χ4n) is 2.81. The minimum atomic E-state index is -3.71. The van der Waals surface area contributed by atoms with Gasteiger partial charge in [-0.1, -0.05) is 54.1 Å². The lowest BCUT2D eigenvalue weighted by Gasteiger charge is -2.26. The molecule has 0 aliphatic rings. The van der Waals surface area contributed by atoms with Crippen molar-refractivity contribution >= 4 is 27.3 Å². The highest BCUT2D eigenvalue weighted by atomic mass is 35.5. The van der Waals surface area contributed by atoms with Crippen LogP contribution in [0.1, 0.15) is 16.7 Å². The van der Waals surface area contributed by atoms with Crippen molar-refractivity contribution in [2.24, 2.45) is 0 Å². The van der Waals surface area contributed by atoms with E-state index < -0.39 is 10.0 Å². The Bertz CT molecular complexity index is 1020. The van der Waals surface area contributed by atoms with Crippen LogP contribution in [0.2, 0.25) is 5.02 Å². The van der Waals surface area contributed by atoms with Crippen LogP contribution < -0.4 is 4.31 Å². The largest absolute Gasteiger partial charge is 0.264 e. The highest BCUT2D eigenvalue weighted by Gasteiger charge is 2.26. The standard InChI is InChI=1S/C21H20ClNO2S/c1-16-11-12-17(2)21(13-16)23(15-18-7-6-8-19(22)14-18)26(24,25)20-9-4-3-5-10-20/h3-14H,15H2,1-2H3. The Kier molecular flexibility index (Phi) is 5.35. The first-order valence-electron chi connectivity index (χ1n) is 8.27. The summed E-state index contributed by atoms with van der Waals surface area (Å²) in [5.74, 6) is 0. The topological polar surface area (TPSA) is 37.4 Å². The second kappa shape index (κ2) is 7.52. The van der Waals surface area contributed by atoms with E-state index in [9.17, 15) is 8.42 Å². The maximum Gasteiger partial charge on any atom is 0.264 e. The number of benzene rings is 3. The lowest BCUT2D eigenvalue weighted by molar-refractivity contribution is 0.590. The normalized spacial score (nSPS) is 11.3. The molecule has 0 N–H and O–H groups in total. The molecule has 0 saturated carbocycles. The predicted molar refractivity (Wildman–Crippen MR) is 107 cm³/mol. The molecule has 0 spiro atoms. The number of nitrogens with zero attached hydrogens (tertiary/aromatic N) is 1. The number of hydrogen-bond acceptors (Lipinski definition) is 2. The highest BCUT2D eigenvalue weighted by molar-refractivity contribution is 7.92. The Hall–Kier alpha value is -2.30. The lowest BCUT2D eigenvalue weighted by atomic mass is 10.1. The molecule has 3 aromatic carbocycles. The average Bonchev–Trinajstić information content (AvgIpc) is 2.63. The first-order valence-corrected chi connectivity index (χ1v) is 10.1. The van der Waals surface area contributed by atoms with E-state index in [-0.39, 0.29) is 11.4 Å². The quantitative estimate of drug-likeness (QED) is 0.593. The van der Waals surface area contributed by atoms with Crippen molar-refractivity contribution in [1.82, 2.24) is 0 Å². The summed E-state index contributed by atoms with van der Waals surface area (Å²) in [6, 6.07) is 21.6. The minimum absolute atomic E-state index is 0.210. The van der Waals surface area contributed by atoms with E-state index in [0.717, 1.165) is 16.7 Å². The van der Waals surface area contributed by atoms with Crippen LogP contribution >= 0.6 is 11.6 Å². The van der Waals surface area contributed by atoms with Crippen LogP contribution in [0.15, 0.2) is 77.7 Å². The van der Waals surface area contributed by atoms with Crippen molar-refractivity contribution in [3.63, 3.8) is 0 Å². The van der Waals surface area contributed by atoms with Crippen LogP contribution in [0.4, 0.5) is 5.69 Å². The molecule has 0 aromatic heterocycles. The Morgan fingerprint density at radius 2 is 1.62 bits per heavy atom. The van der Waals surface area contributed by atoms with Crippen LogP contribution in [0, 0.1) is 13.8 Å². The predicted octanol–water partition coefficient (Wildman–Crippen LogP) is 5.35. The zero-order chi connectivity index (χ0) is 18.7. The maximum absolute atomic E-state index is 13.4. The monoisotopic (exact) mass is 385 g/mol. The first-order chi connectivity index (χ1) is 12.4. The number of sulfonamides is 1. The van der Waals surface area contributed by atoms with Gasteiger partial charge in [0.1, 0.15) is 0 Å². The molecular formula is C21H20ClNO2S. The molecule has 5 heteroatoms. The third-order valence-corrected chi connectivity index (χ3v) is 6.19. The molecule has 0 radical (unpaired) electrons. The molecular weight excluding hydrogens is 366 g/mol. The molecule has 0 aliphatic heterocycles. The summed E-state index contributed by atoms with van der Waals surface area (Å²) in [4.78, 5) is 0.267. The van der Waals surface area contributed by atoms with Crippen molar-refractivity contribution in [3.8, 4) is 0 Å². The van der Waals surface area contributed by atoms with Gasteiger partial charge in [-0.25, -0.2) is 8.42 Å². The number of anilines is 1. The summed E-state index contributed by atoms with van der Waals surface area (Å²) in [7, 11) is -3.71. The number of rotatable bonds is 5. The van der Waals surface area contributed by atoms with Gasteiger partial charge >= 0.3 is 0 Å². The molecule has 0 fully saturated rings. The van der Waals surface area contributed by atoms with Crippen LogP contribution in [0.3, 0.4) is 0 Å². The molecule has 3 aromatic rings. The van der Waals surface area contributed by atoms with Crippen molar-refractivity contribution in [2.45, 2.75) is 25.3 Å². The van der Waals surface area contributed by atoms with Crippen LogP contribution in [0.5, 0.6) is 0 Å². The van der Waals surface area contributed by atoms with Gasteiger partial charge in [-0.2, -0.15) is 0 Å². The highest BCUT2D eigenvalue weighted by Crippen LogP contribution is 2.30. The van der Waals surface area contributed by atoms with E-state index in [1.165, 1.54) is 4.31 Å². The Labute approximate surface area is 159 Å². The summed E-state index contributed by atoms with van der Waals surface area (Å²) >= 11 is 6.09. The molecule has 0 amide bonds. The fourth-order valence-corrected chi connectivity index (χ4v) is 4.55. The third kappa shape index (κ3) is 3.92. The van der Waals surface area contributed by atoms with Crippen LogP contribution in [-0.2, 0) is 16.6 Å². The Morgan fingerprint density at radius 3 is 2.31 bits per heavy atom. The van der Waals surface area contributed by atoms with E-state index in [1.807, 2.05) is 44.2 Å². The summed E-state index contributed by atoms with van der Waals surface area (Å²) in [6.07, 6.45) is 0. The van der Waals surface area contributed by atoms with E-state index >= 15 is 0 Å². The SMILES string of the molecule is Cc1ccc(C)c(N(Cc2cccc(Cl)c2)S(=O)(=O)c2ccccc2)c1. The van der Waals surface area contributed by atoms with Gasteiger partial charge < -0.3 is 0 Å². The van der Waals surface area contributed by atoms with E-state index in [2.05, 4.69) is 0 Å². The second-order valence-corrected chi connectivity index (χ2v) is 8.54. The fraction of sp³-hybridized carbons (Fsp3) is 0.143. The molecule has 26 heavy (non-hydrogen) atoms. The molecule has 0 bridgehead atoms. The van der Waals surface area contributed by atoms with Crippen LogP contribution in [-0.4, -0.2) is 8.42 Å². The molecule has 0 atom stereocenters. The molecule has 3 rings (SSSR count). The lowest BCUT2D eigenvalue weighted by Crippen LogP contribution is -2.31. The van der Waals surface area contributed by atoms with E-state index in [1.54, 1.807) is 42.5 Å². The van der Waals surface area contributed by atoms with Gasteiger partial charge in [0, 0.05) is 5.02 Å². The number of halogens is 1. The summed E-state index contributed by atoms with van der Waals surface area (Å²) < 4.78 is 28.2. The van der Waals surface area contributed by atoms with Crippen molar-refractivity contribution in [2.75, 3.05) is 4.31 Å². The smallest absolute Gasteiger partial charge is 0.262 e. The van der Waals surface area contributed by atoms with Gasteiger partial charge in [0.15, 0.2) is 0 Å². The van der Waals surface area contributed by atoms with Gasteiger partial charge in [0.25, 0.3) is 10.0 Å². The third-order valence-electron chi connectivity index (χ3n) is 4.18. The Balaban J connectivity index is 2.14. The van der Waals surface area contributed by atoms with Gasteiger partial charge in [0.2, 0.25) is 0 Å². The van der Waals surface area contributed by atoms with Gasteiger partial charge in [-0.15, -0.1) is 0 Å². The van der Waals surface area contributed by atoms with Gasteiger partial charge in [0.05, 0.1) is 17.1 Å². The van der Waals surface area contributed by atoms with E-state index in [4.69, 9.17) is 11.6 Å². The number of hydrogen-bond donors (Lipinski definition) is 0. The van der Waals surface area contributed by atoms with Crippen molar-refractivity contribution < 1.29 is 8.42 Å². The zero-order valence-corrected chi connectivity index (χ0v) is 16.3.